The largest absolute Gasteiger partial charge is 0.183 e. The average molecular weight is 164 g/mol. The van der Waals surface area contributed by atoms with Crippen molar-refractivity contribution >= 4 is 12.6 Å². The van der Waals surface area contributed by atoms with Crippen LogP contribution in [0.15, 0.2) is 0 Å². The first-order chi connectivity index (χ1) is 4.89. The average Bonchev–Trinajstić information content (AvgIpc) is 2.84. The highest BCUT2D eigenvalue weighted by atomic mass is 32.1. The Morgan fingerprint density at radius 1 is 0.900 bits per heavy atom. The molecule has 0 saturated heterocycles. The maximum Gasteiger partial charge on any atom is -0.0215 e. The summed E-state index contributed by atoms with van der Waals surface area (Å²) in [5, 5.41) is 0. The first kappa shape index (κ1) is 16.7. The maximum atomic E-state index is 3.53. The van der Waals surface area contributed by atoms with Crippen molar-refractivity contribution in [3.63, 3.8) is 0 Å². The second-order valence-corrected chi connectivity index (χ2v) is 1.68. The summed E-state index contributed by atoms with van der Waals surface area (Å²) in [6, 6.07) is 0. The number of hydrogen-bond donors (Lipinski definition) is 1. The normalized spacial score (nSPS) is 12.3. The molecule has 10 heavy (non-hydrogen) atoms. The molecule has 1 aliphatic carbocycles. The van der Waals surface area contributed by atoms with Gasteiger partial charge in [0.05, 0.1) is 0 Å². The highest BCUT2D eigenvalue weighted by Gasteiger charge is 2.12. The fourth-order valence-corrected chi connectivity index (χ4v) is 0.167. The molecule has 0 aromatic heterocycles. The first-order valence-electron chi connectivity index (χ1n) is 4.34. The highest BCUT2D eigenvalue weighted by Crippen LogP contribution is 2.26. The molecule has 1 rings (SSSR count). The lowest BCUT2D eigenvalue weighted by molar-refractivity contribution is 0.983. The van der Waals surface area contributed by atoms with Gasteiger partial charge in [-0.15, -0.1) is 0 Å². The lowest BCUT2D eigenvalue weighted by atomic mass is 10.5. The third-order valence-corrected chi connectivity index (χ3v) is 0.866. The van der Waals surface area contributed by atoms with Crippen molar-refractivity contribution in [3.8, 4) is 0 Å². The molecule has 66 valence electrons. The molecule has 0 aliphatic heterocycles. The Hall–Kier alpha value is 0.350. The van der Waals surface area contributed by atoms with Crippen LogP contribution in [0.1, 0.15) is 47.5 Å². The number of rotatable bonds is 0. The van der Waals surface area contributed by atoms with E-state index >= 15 is 0 Å². The molecule has 1 saturated carbocycles. The van der Waals surface area contributed by atoms with Gasteiger partial charge in [-0.1, -0.05) is 47.5 Å². The molecule has 0 atom stereocenters. The van der Waals surface area contributed by atoms with Gasteiger partial charge in [-0.25, -0.2) is 0 Å². The summed E-state index contributed by atoms with van der Waals surface area (Å²) in [5.74, 6) is 1.08. The van der Waals surface area contributed by atoms with Crippen LogP contribution in [0, 0.1) is 5.92 Å². The predicted molar refractivity (Wildman–Crippen MR) is 56.0 cm³/mol. The van der Waals surface area contributed by atoms with Crippen LogP contribution in [0.25, 0.3) is 0 Å². The number of thiol groups is 1. The fourth-order valence-electron chi connectivity index (χ4n) is 0.167. The van der Waals surface area contributed by atoms with Crippen molar-refractivity contribution in [1.29, 1.82) is 0 Å². The van der Waals surface area contributed by atoms with Crippen LogP contribution in [0.4, 0.5) is 0 Å². The molecular weight excluding hydrogens is 140 g/mol. The SMILES string of the molecule is CC.CC.CC1CC1.CS. The van der Waals surface area contributed by atoms with E-state index in [4.69, 9.17) is 0 Å². The zero-order valence-corrected chi connectivity index (χ0v) is 9.33. The molecule has 1 fully saturated rings. The van der Waals surface area contributed by atoms with E-state index in [1.165, 1.54) is 12.8 Å². The smallest absolute Gasteiger partial charge is 0.0215 e. The Bertz CT molecular complexity index is 23.9. The highest BCUT2D eigenvalue weighted by molar-refractivity contribution is 7.79. The van der Waals surface area contributed by atoms with Gasteiger partial charge in [0.2, 0.25) is 0 Å². The standard InChI is InChI=1S/C4H8.2C2H6.CH4S/c1-4-2-3-4;3*1-2/h4H,2-3H2,1H3;2*1-2H3;2H,1H3. The molecule has 0 heterocycles. The van der Waals surface area contributed by atoms with Gasteiger partial charge in [0, 0.05) is 0 Å². The minimum Gasteiger partial charge on any atom is -0.183 e. The molecule has 0 bridgehead atoms. The van der Waals surface area contributed by atoms with E-state index in [2.05, 4.69) is 19.6 Å². The Labute approximate surface area is 72.8 Å². The van der Waals surface area contributed by atoms with Crippen molar-refractivity contribution < 1.29 is 0 Å². The van der Waals surface area contributed by atoms with Crippen molar-refractivity contribution in [3.05, 3.63) is 0 Å². The first-order valence-corrected chi connectivity index (χ1v) is 5.24. The Morgan fingerprint density at radius 2 is 1.00 bits per heavy atom. The van der Waals surface area contributed by atoms with E-state index in [0.29, 0.717) is 0 Å². The minimum absolute atomic E-state index is 1.08. The van der Waals surface area contributed by atoms with Crippen molar-refractivity contribution in [2.45, 2.75) is 47.5 Å². The third-order valence-electron chi connectivity index (χ3n) is 0.866. The third kappa shape index (κ3) is 40.2. The molecule has 0 radical (unpaired) electrons. The summed E-state index contributed by atoms with van der Waals surface area (Å²) < 4.78 is 0. The van der Waals surface area contributed by atoms with Gasteiger partial charge < -0.3 is 0 Å². The molecule has 1 aliphatic rings. The van der Waals surface area contributed by atoms with E-state index in [1.807, 2.05) is 27.7 Å². The minimum atomic E-state index is 1.08. The summed E-state index contributed by atoms with van der Waals surface area (Å²) in [5.41, 5.74) is 0. The summed E-state index contributed by atoms with van der Waals surface area (Å²) in [6.45, 7) is 10.3. The second-order valence-electron chi connectivity index (χ2n) is 1.68. The molecule has 1 heteroatoms. The van der Waals surface area contributed by atoms with Crippen LogP contribution < -0.4 is 0 Å². The van der Waals surface area contributed by atoms with Crippen LogP contribution in [0.3, 0.4) is 0 Å². The van der Waals surface area contributed by atoms with Gasteiger partial charge in [0.25, 0.3) is 0 Å². The monoisotopic (exact) mass is 164 g/mol. The molecular formula is C9H24S. The topological polar surface area (TPSA) is 0 Å². The van der Waals surface area contributed by atoms with Crippen LogP contribution >= 0.6 is 12.6 Å². The van der Waals surface area contributed by atoms with Crippen molar-refractivity contribution in [2.24, 2.45) is 5.92 Å². The molecule has 0 aromatic carbocycles. The molecule has 0 spiro atoms. The zero-order valence-electron chi connectivity index (χ0n) is 8.44. The van der Waals surface area contributed by atoms with Gasteiger partial charge in [-0.05, 0) is 12.2 Å². The van der Waals surface area contributed by atoms with E-state index < -0.39 is 0 Å². The molecule has 0 nitrogen and oxygen atoms in total. The Kier molecular flexibility index (Phi) is 38.1. The summed E-state index contributed by atoms with van der Waals surface area (Å²) >= 11 is 3.53. The van der Waals surface area contributed by atoms with E-state index in [-0.39, 0.29) is 0 Å². The molecule has 0 unspecified atom stereocenters. The lowest BCUT2D eigenvalue weighted by Crippen LogP contribution is -1.42. The van der Waals surface area contributed by atoms with Gasteiger partial charge in [-0.3, -0.25) is 0 Å². The fraction of sp³-hybridized carbons (Fsp3) is 1.00. The summed E-state index contributed by atoms with van der Waals surface area (Å²) in [6.07, 6.45) is 4.67. The van der Waals surface area contributed by atoms with E-state index in [0.717, 1.165) is 5.92 Å². The molecule has 0 aromatic rings. The van der Waals surface area contributed by atoms with Crippen molar-refractivity contribution in [1.82, 2.24) is 0 Å². The van der Waals surface area contributed by atoms with Crippen LogP contribution in [0.5, 0.6) is 0 Å². The molecule has 0 N–H and O–H groups in total. The Morgan fingerprint density at radius 3 is 1.00 bits per heavy atom. The van der Waals surface area contributed by atoms with Gasteiger partial charge in [0.1, 0.15) is 0 Å². The van der Waals surface area contributed by atoms with Crippen LogP contribution in [-0.4, -0.2) is 6.26 Å². The van der Waals surface area contributed by atoms with E-state index in [9.17, 15) is 0 Å². The maximum absolute atomic E-state index is 3.53. The van der Waals surface area contributed by atoms with Crippen LogP contribution in [0.2, 0.25) is 0 Å². The van der Waals surface area contributed by atoms with Gasteiger partial charge in [0.15, 0.2) is 0 Å². The summed E-state index contributed by atoms with van der Waals surface area (Å²) in [7, 11) is 0. The quantitative estimate of drug-likeness (QED) is 0.514. The van der Waals surface area contributed by atoms with Crippen molar-refractivity contribution in [2.75, 3.05) is 6.26 Å². The Balaban J connectivity index is -0.0000000729. The van der Waals surface area contributed by atoms with Gasteiger partial charge >= 0.3 is 0 Å². The molecule has 0 amide bonds. The van der Waals surface area contributed by atoms with Gasteiger partial charge in [-0.2, -0.15) is 12.6 Å². The second kappa shape index (κ2) is 22.8. The zero-order chi connectivity index (χ0) is 8.99. The predicted octanol–water partition coefficient (Wildman–Crippen LogP) is 4.01. The lowest BCUT2D eigenvalue weighted by Gasteiger charge is -1.53. The number of hydrogen-bond acceptors (Lipinski definition) is 1. The van der Waals surface area contributed by atoms with Crippen LogP contribution in [-0.2, 0) is 0 Å². The van der Waals surface area contributed by atoms with E-state index in [1.54, 1.807) is 6.26 Å². The summed E-state index contributed by atoms with van der Waals surface area (Å²) in [4.78, 5) is 0.